The van der Waals surface area contributed by atoms with E-state index in [-0.39, 0.29) is 28.1 Å². The van der Waals surface area contributed by atoms with Gasteiger partial charge in [-0.25, -0.2) is 4.39 Å². The predicted octanol–water partition coefficient (Wildman–Crippen LogP) is 1.36. The second-order valence-corrected chi connectivity index (χ2v) is 1.71. The molecule has 1 aromatic rings. The minimum absolute atomic E-state index is 0. The maximum atomic E-state index is 12.2. The molecular formula is C6H5ClFMg. The zero-order valence-electron chi connectivity index (χ0n) is 3.99. The Labute approximate surface area is 74.2 Å². The van der Waals surface area contributed by atoms with Crippen molar-refractivity contribution in [2.24, 2.45) is 0 Å². The van der Waals surface area contributed by atoms with E-state index in [9.17, 15) is 4.39 Å². The Bertz CT molecular complexity index is 169. The first-order valence-corrected chi connectivity index (χ1v) is 2.50. The lowest BCUT2D eigenvalue weighted by molar-refractivity contribution is 0.628. The van der Waals surface area contributed by atoms with Crippen molar-refractivity contribution in [3.63, 3.8) is 0 Å². The monoisotopic (exact) mass is 155 g/mol. The summed E-state index contributed by atoms with van der Waals surface area (Å²) in [5.41, 5.74) is 0. The molecule has 0 atom stereocenters. The van der Waals surface area contributed by atoms with Crippen molar-refractivity contribution in [3.05, 3.63) is 35.1 Å². The molecule has 9 heavy (non-hydrogen) atoms. The van der Waals surface area contributed by atoms with Crippen molar-refractivity contribution in [1.82, 2.24) is 0 Å². The van der Waals surface area contributed by atoms with Gasteiger partial charge in [-0.3, -0.25) is 0 Å². The largest absolute Gasteiger partial charge is 0.316 e. The van der Waals surface area contributed by atoms with Crippen LogP contribution in [-0.2, 0) is 0 Å². The number of benzene rings is 1. The molecule has 0 aliphatic rings. The van der Waals surface area contributed by atoms with Gasteiger partial charge < -0.3 is 0 Å². The van der Waals surface area contributed by atoms with Gasteiger partial charge in [0, 0.05) is 6.07 Å². The minimum Gasteiger partial charge on any atom is -0.205 e. The molecule has 0 saturated heterocycles. The van der Waals surface area contributed by atoms with Crippen molar-refractivity contribution in [1.29, 1.82) is 0 Å². The maximum absolute atomic E-state index is 12.2. The lowest BCUT2D eigenvalue weighted by Gasteiger charge is -1.86. The van der Waals surface area contributed by atoms with Crippen LogP contribution >= 0.6 is 11.6 Å². The Hall–Kier alpha value is 0.206. The Balaban J connectivity index is 0.000000640. The molecule has 45 valence electrons. The summed E-state index contributed by atoms with van der Waals surface area (Å²) in [6.45, 7) is 0. The van der Waals surface area contributed by atoms with E-state index >= 15 is 0 Å². The van der Waals surface area contributed by atoms with Crippen LogP contribution in [0.5, 0.6) is 0 Å². The summed E-state index contributed by atoms with van der Waals surface area (Å²) < 4.78 is 12.2. The van der Waals surface area contributed by atoms with E-state index < -0.39 is 5.82 Å². The molecule has 0 amide bonds. The molecule has 0 nitrogen and oxygen atoms in total. The van der Waals surface area contributed by atoms with Crippen LogP contribution < -0.4 is 0 Å². The smallest absolute Gasteiger partial charge is 0.205 e. The molecule has 0 fully saturated rings. The summed E-state index contributed by atoms with van der Waals surface area (Å²) in [6, 6.07) is 6.88. The Kier molecular flexibility index (Phi) is 4.18. The molecule has 3 heteroatoms. The fourth-order valence-electron chi connectivity index (χ4n) is 0.396. The van der Waals surface area contributed by atoms with Crippen LogP contribution in [0.2, 0.25) is 5.02 Å². The highest BCUT2D eigenvalue weighted by molar-refractivity contribution is 6.30. The zero-order valence-corrected chi connectivity index (χ0v) is 4.74. The first-order valence-electron chi connectivity index (χ1n) is 2.12. The van der Waals surface area contributed by atoms with Gasteiger partial charge >= 0.3 is 23.1 Å². The summed E-state index contributed by atoms with van der Waals surface area (Å²) in [5, 5.41) is 0.0486. The van der Waals surface area contributed by atoms with Gasteiger partial charge in [0.05, 0.1) is 5.02 Å². The fraction of sp³-hybridized carbons (Fsp3) is 0. The van der Waals surface area contributed by atoms with Crippen LogP contribution in [0.3, 0.4) is 0 Å². The zero-order chi connectivity index (χ0) is 5.98. The average molecular weight is 156 g/mol. The molecule has 0 aliphatic heterocycles. The van der Waals surface area contributed by atoms with Crippen LogP contribution in [0.15, 0.2) is 18.2 Å². The third kappa shape index (κ3) is 2.52. The van der Waals surface area contributed by atoms with Crippen molar-refractivity contribution in [3.8, 4) is 0 Å². The molecule has 0 saturated carbocycles. The minimum atomic E-state index is -0.422. The Morgan fingerprint density at radius 2 is 2.22 bits per heavy atom. The highest BCUT2D eigenvalue weighted by Crippen LogP contribution is 2.10. The second kappa shape index (κ2) is 4.09. The third-order valence-corrected chi connectivity index (χ3v) is 1.05. The number of halogens is 2. The van der Waals surface area contributed by atoms with E-state index in [2.05, 4.69) is 6.07 Å². The van der Waals surface area contributed by atoms with Gasteiger partial charge in [-0.1, -0.05) is 23.7 Å². The summed E-state index contributed by atoms with van der Waals surface area (Å²) >= 11 is 5.28. The van der Waals surface area contributed by atoms with Gasteiger partial charge in [0.1, 0.15) is 5.82 Å². The lowest BCUT2D eigenvalue weighted by Crippen LogP contribution is -1.71. The molecule has 0 spiro atoms. The molecule has 0 aliphatic carbocycles. The van der Waals surface area contributed by atoms with Crippen LogP contribution in [0.4, 0.5) is 4.39 Å². The quantitative estimate of drug-likeness (QED) is 0.497. The van der Waals surface area contributed by atoms with Crippen molar-refractivity contribution < 1.29 is 4.39 Å². The SMILES string of the molecule is Fc1ccc[c]c1Cl.[MgH2]. The van der Waals surface area contributed by atoms with Gasteiger partial charge in [0.25, 0.3) is 0 Å². The van der Waals surface area contributed by atoms with Gasteiger partial charge in [-0.2, -0.15) is 0 Å². The summed E-state index contributed by atoms with van der Waals surface area (Å²) in [5.74, 6) is -0.422. The molecule has 0 bridgehead atoms. The van der Waals surface area contributed by atoms with E-state index in [0.29, 0.717) is 0 Å². The van der Waals surface area contributed by atoms with Crippen LogP contribution in [0.1, 0.15) is 0 Å². The first kappa shape index (κ1) is 9.21. The van der Waals surface area contributed by atoms with Crippen molar-refractivity contribution >= 4 is 34.7 Å². The molecule has 1 rings (SSSR count). The summed E-state index contributed by atoms with van der Waals surface area (Å²) in [7, 11) is 0. The average Bonchev–Trinajstić information content (AvgIpc) is 1.77. The molecule has 0 unspecified atom stereocenters. The topological polar surface area (TPSA) is 0 Å². The van der Waals surface area contributed by atoms with E-state index in [1.54, 1.807) is 12.1 Å². The van der Waals surface area contributed by atoms with E-state index in [0.717, 1.165) is 0 Å². The highest BCUT2D eigenvalue weighted by atomic mass is 35.5. The Morgan fingerprint density at radius 1 is 1.56 bits per heavy atom. The molecule has 0 N–H and O–H groups in total. The fourth-order valence-corrected chi connectivity index (χ4v) is 0.522. The molecule has 1 radical (unpaired) electrons. The highest BCUT2D eigenvalue weighted by Gasteiger charge is 1.92. The van der Waals surface area contributed by atoms with Crippen molar-refractivity contribution in [2.75, 3.05) is 0 Å². The normalized spacial score (nSPS) is 8.22. The summed E-state index contributed by atoms with van der Waals surface area (Å²) in [6.07, 6.45) is 0. The number of hydrogen-bond acceptors (Lipinski definition) is 0. The van der Waals surface area contributed by atoms with E-state index in [1.807, 2.05) is 0 Å². The molecular weight excluding hydrogens is 151 g/mol. The number of rotatable bonds is 0. The third-order valence-electron chi connectivity index (χ3n) is 0.759. The molecule has 0 aromatic heterocycles. The van der Waals surface area contributed by atoms with Crippen molar-refractivity contribution in [2.45, 2.75) is 0 Å². The predicted molar refractivity (Wildman–Crippen MR) is 38.8 cm³/mol. The number of hydrogen-bond donors (Lipinski definition) is 0. The maximum Gasteiger partial charge on any atom is 0.316 e. The molecule has 1 aromatic carbocycles. The van der Waals surface area contributed by atoms with Gasteiger partial charge in [0.2, 0.25) is 0 Å². The van der Waals surface area contributed by atoms with Gasteiger partial charge in [0.15, 0.2) is 0 Å². The Morgan fingerprint density at radius 3 is 2.56 bits per heavy atom. The standard InChI is InChI=1S/C6H3ClF.Mg.2H/c7-5-3-1-2-4-6(5)8;;;/h1-2,4H;;;. The van der Waals surface area contributed by atoms with E-state index in [1.165, 1.54) is 6.07 Å². The van der Waals surface area contributed by atoms with E-state index in [4.69, 9.17) is 11.6 Å². The van der Waals surface area contributed by atoms with Gasteiger partial charge in [-0.15, -0.1) is 0 Å². The summed E-state index contributed by atoms with van der Waals surface area (Å²) in [4.78, 5) is 0. The van der Waals surface area contributed by atoms with Crippen LogP contribution in [-0.4, -0.2) is 23.1 Å². The second-order valence-electron chi connectivity index (χ2n) is 1.33. The first-order chi connectivity index (χ1) is 3.80. The molecule has 0 heterocycles. The van der Waals surface area contributed by atoms with Crippen LogP contribution in [0, 0.1) is 11.9 Å². The lowest BCUT2D eigenvalue weighted by atomic mass is 10.4. The van der Waals surface area contributed by atoms with Crippen LogP contribution in [0.25, 0.3) is 0 Å². The van der Waals surface area contributed by atoms with Gasteiger partial charge in [-0.05, 0) is 6.07 Å².